The molecule has 0 aliphatic rings. The first-order chi connectivity index (χ1) is 7.94. The van der Waals surface area contributed by atoms with E-state index in [4.69, 9.17) is 5.26 Å². The van der Waals surface area contributed by atoms with Gasteiger partial charge in [-0.3, -0.25) is 0 Å². The van der Waals surface area contributed by atoms with Crippen LogP contribution in [0.5, 0.6) is 0 Å². The van der Waals surface area contributed by atoms with E-state index in [1.807, 2.05) is 0 Å². The van der Waals surface area contributed by atoms with Gasteiger partial charge in [0.05, 0.1) is 11.5 Å². The summed E-state index contributed by atoms with van der Waals surface area (Å²) >= 11 is -1.69. The van der Waals surface area contributed by atoms with E-state index in [1.165, 1.54) is 0 Å². The van der Waals surface area contributed by atoms with E-state index in [9.17, 15) is 17.7 Å². The van der Waals surface area contributed by atoms with Crippen LogP contribution in [0.2, 0.25) is 0 Å². The molecule has 0 fully saturated rings. The highest BCUT2D eigenvalue weighted by atomic mass is 32.2. The van der Waals surface area contributed by atoms with E-state index in [1.54, 1.807) is 26.8 Å². The van der Waals surface area contributed by atoms with Crippen LogP contribution < -0.4 is 4.72 Å². The minimum Gasteiger partial charge on any atom is -0.598 e. The van der Waals surface area contributed by atoms with Crippen molar-refractivity contribution in [1.29, 1.82) is 5.26 Å². The summed E-state index contributed by atoms with van der Waals surface area (Å²) in [6.45, 7) is 6.98. The molecule has 3 nitrogen and oxygen atoms in total. The third-order valence-electron chi connectivity index (χ3n) is 2.50. The van der Waals surface area contributed by atoms with Gasteiger partial charge in [-0.1, -0.05) is 13.8 Å². The molecule has 2 unspecified atom stereocenters. The highest BCUT2D eigenvalue weighted by molar-refractivity contribution is 7.90. The topological polar surface area (TPSA) is 58.9 Å². The fourth-order valence-corrected chi connectivity index (χ4v) is 1.75. The predicted molar refractivity (Wildman–Crippen MR) is 65.1 cm³/mol. The summed E-state index contributed by atoms with van der Waals surface area (Å²) in [4.78, 5) is 0. The lowest BCUT2D eigenvalue weighted by atomic mass is 9.84. The van der Waals surface area contributed by atoms with E-state index in [-0.39, 0.29) is 0 Å². The van der Waals surface area contributed by atoms with Crippen LogP contribution in [0.25, 0.3) is 0 Å². The molecule has 7 heteroatoms. The lowest BCUT2D eigenvalue weighted by Crippen LogP contribution is -2.52. The Morgan fingerprint density at radius 1 is 1.17 bits per heavy atom. The molecule has 0 aromatic carbocycles. The SMILES string of the molecule is CC(C)(C(F)F)C(F)[C@H](C#N)N[S+]([O-])C(C)(C)C. The van der Waals surface area contributed by atoms with Gasteiger partial charge in [0, 0.05) is 11.4 Å². The molecule has 0 spiro atoms. The first-order valence-electron chi connectivity index (χ1n) is 5.44. The van der Waals surface area contributed by atoms with Crippen molar-refractivity contribution < 1.29 is 17.7 Å². The summed E-state index contributed by atoms with van der Waals surface area (Å²) in [7, 11) is 0. The van der Waals surface area contributed by atoms with Crippen LogP contribution in [0.1, 0.15) is 34.6 Å². The Hall–Kier alpha value is -0.450. The number of nitriles is 1. The molecule has 0 rings (SSSR count). The molecule has 0 radical (unpaired) electrons. The molecule has 0 amide bonds. The summed E-state index contributed by atoms with van der Waals surface area (Å²) < 4.78 is 52.6. The second-order valence-electron chi connectivity index (χ2n) is 5.63. The molecule has 0 aliphatic carbocycles. The van der Waals surface area contributed by atoms with Gasteiger partial charge < -0.3 is 4.55 Å². The van der Waals surface area contributed by atoms with E-state index in [0.717, 1.165) is 13.8 Å². The Bertz CT molecular complexity index is 312. The summed E-state index contributed by atoms with van der Waals surface area (Å²) in [5, 5.41) is 8.82. The molecule has 0 aliphatic heterocycles. The van der Waals surface area contributed by atoms with Crippen molar-refractivity contribution in [2.75, 3.05) is 0 Å². The molecule has 18 heavy (non-hydrogen) atoms. The summed E-state index contributed by atoms with van der Waals surface area (Å²) in [6.07, 6.45) is -5.03. The lowest BCUT2D eigenvalue weighted by Gasteiger charge is -2.32. The van der Waals surface area contributed by atoms with Gasteiger partial charge in [-0.2, -0.15) is 5.26 Å². The number of alkyl halides is 3. The van der Waals surface area contributed by atoms with Gasteiger partial charge >= 0.3 is 0 Å². The molecule has 0 bridgehead atoms. The van der Waals surface area contributed by atoms with Crippen molar-refractivity contribution in [1.82, 2.24) is 4.72 Å². The number of nitrogens with zero attached hydrogens (tertiary/aromatic N) is 1. The molecule has 0 aromatic rings. The molecule has 0 saturated heterocycles. The Morgan fingerprint density at radius 3 is 1.89 bits per heavy atom. The minimum absolute atomic E-state index is 0.705. The van der Waals surface area contributed by atoms with Crippen LogP contribution in [0, 0.1) is 16.7 Å². The van der Waals surface area contributed by atoms with Gasteiger partial charge in [-0.05, 0) is 20.8 Å². The quantitative estimate of drug-likeness (QED) is 0.789. The normalized spacial score (nSPS) is 18.3. The van der Waals surface area contributed by atoms with Crippen LogP contribution in [0.15, 0.2) is 0 Å². The van der Waals surface area contributed by atoms with Gasteiger partial charge in [0.25, 0.3) is 0 Å². The first kappa shape index (κ1) is 17.6. The van der Waals surface area contributed by atoms with E-state index in [0.29, 0.717) is 0 Å². The van der Waals surface area contributed by atoms with Crippen molar-refractivity contribution in [2.45, 2.75) is 58.0 Å². The number of halogens is 3. The van der Waals surface area contributed by atoms with Crippen LogP contribution in [0.3, 0.4) is 0 Å². The first-order valence-corrected chi connectivity index (χ1v) is 6.59. The second-order valence-corrected chi connectivity index (χ2v) is 7.63. The monoisotopic (exact) mass is 284 g/mol. The fraction of sp³-hybridized carbons (Fsp3) is 0.909. The maximum absolute atomic E-state index is 13.9. The van der Waals surface area contributed by atoms with Gasteiger partial charge in [-0.25, -0.2) is 13.2 Å². The Balaban J connectivity index is 4.87. The van der Waals surface area contributed by atoms with Crippen molar-refractivity contribution in [2.24, 2.45) is 5.41 Å². The number of nitrogens with one attached hydrogen (secondary N) is 1. The molecule has 0 heterocycles. The van der Waals surface area contributed by atoms with E-state index in [2.05, 4.69) is 4.72 Å². The zero-order chi connectivity index (χ0) is 14.7. The maximum Gasteiger partial charge on any atom is 0.246 e. The van der Waals surface area contributed by atoms with Crippen molar-refractivity contribution in [3.63, 3.8) is 0 Å². The Kier molecular flexibility index (Phi) is 5.98. The van der Waals surface area contributed by atoms with Crippen LogP contribution in [-0.2, 0) is 11.4 Å². The molecule has 3 atom stereocenters. The van der Waals surface area contributed by atoms with Crippen molar-refractivity contribution in [3.05, 3.63) is 0 Å². The van der Waals surface area contributed by atoms with Gasteiger partial charge in [0.1, 0.15) is 10.9 Å². The predicted octanol–water partition coefficient (Wildman–Crippen LogP) is 2.56. The highest BCUT2D eigenvalue weighted by Crippen LogP contribution is 2.33. The number of hydrogen-bond acceptors (Lipinski definition) is 3. The average molecular weight is 284 g/mol. The Labute approximate surface area is 109 Å². The maximum atomic E-state index is 13.9. The third kappa shape index (κ3) is 4.34. The fourth-order valence-electron chi connectivity index (χ4n) is 0.994. The third-order valence-corrected chi connectivity index (χ3v) is 4.08. The molecular weight excluding hydrogens is 265 g/mol. The summed E-state index contributed by atoms with van der Waals surface area (Å²) in [5.74, 6) is 0. The molecule has 0 saturated carbocycles. The minimum atomic E-state index is -2.91. The highest BCUT2D eigenvalue weighted by Gasteiger charge is 2.45. The van der Waals surface area contributed by atoms with Crippen LogP contribution >= 0.6 is 0 Å². The van der Waals surface area contributed by atoms with Crippen molar-refractivity contribution in [3.8, 4) is 6.07 Å². The number of hydrogen-bond donors (Lipinski definition) is 1. The molecule has 106 valence electrons. The molecule has 0 aromatic heterocycles. The summed E-state index contributed by atoms with van der Waals surface area (Å²) in [5.41, 5.74) is -1.98. The zero-order valence-electron chi connectivity index (χ0n) is 11.1. The summed E-state index contributed by atoms with van der Waals surface area (Å²) in [6, 6.07) is 0.0200. The van der Waals surface area contributed by atoms with Crippen molar-refractivity contribution >= 4 is 11.4 Å². The van der Waals surface area contributed by atoms with E-state index < -0.39 is 40.2 Å². The number of rotatable bonds is 5. The van der Waals surface area contributed by atoms with Crippen LogP contribution in [0.4, 0.5) is 13.2 Å². The van der Waals surface area contributed by atoms with Gasteiger partial charge in [0.15, 0.2) is 6.04 Å². The lowest BCUT2D eigenvalue weighted by molar-refractivity contribution is -0.0384. The van der Waals surface area contributed by atoms with Crippen LogP contribution in [-0.4, -0.2) is 27.9 Å². The second kappa shape index (κ2) is 6.13. The smallest absolute Gasteiger partial charge is 0.246 e. The standard InChI is InChI=1S/C11H19F3N2OS/c1-10(2,3)18(17)16-7(6-15)8(12)11(4,5)9(13)14/h7-9,16H,1-5H3/t7-,8?,18?/m0/s1. The molecule has 1 N–H and O–H groups in total. The largest absolute Gasteiger partial charge is 0.598 e. The Morgan fingerprint density at radius 2 is 1.61 bits per heavy atom. The van der Waals surface area contributed by atoms with Gasteiger partial charge in [0.2, 0.25) is 6.43 Å². The van der Waals surface area contributed by atoms with Gasteiger partial charge in [-0.15, -0.1) is 4.72 Å². The van der Waals surface area contributed by atoms with E-state index >= 15 is 0 Å². The molecular formula is C11H19F3N2OS. The average Bonchev–Trinajstić information content (AvgIpc) is 2.22. The zero-order valence-corrected chi connectivity index (χ0v) is 11.9.